The van der Waals surface area contributed by atoms with Gasteiger partial charge in [-0.3, -0.25) is 4.40 Å². The summed E-state index contributed by atoms with van der Waals surface area (Å²) in [7, 11) is 0. The number of nitrogens with two attached hydrogens (primary N) is 1. The van der Waals surface area contributed by atoms with Gasteiger partial charge < -0.3 is 5.73 Å². The molecular formula is C15H16N4. The van der Waals surface area contributed by atoms with E-state index in [-0.39, 0.29) is 6.04 Å². The lowest BCUT2D eigenvalue weighted by Gasteiger charge is -2.10. The second-order valence-electron chi connectivity index (χ2n) is 4.79. The predicted molar refractivity (Wildman–Crippen MR) is 74.8 cm³/mol. The summed E-state index contributed by atoms with van der Waals surface area (Å²) >= 11 is 0. The maximum absolute atomic E-state index is 6.25. The normalized spacial score (nSPS) is 12.7. The molecule has 1 atom stereocenters. The number of rotatable bonds is 3. The highest BCUT2D eigenvalue weighted by Crippen LogP contribution is 2.16. The van der Waals surface area contributed by atoms with Crippen LogP contribution in [0.2, 0.25) is 0 Å². The van der Waals surface area contributed by atoms with Crippen LogP contribution in [0.3, 0.4) is 0 Å². The third kappa shape index (κ3) is 2.35. The Morgan fingerprint density at radius 3 is 2.74 bits per heavy atom. The molecule has 0 amide bonds. The molecule has 2 N–H and O–H groups in total. The van der Waals surface area contributed by atoms with E-state index in [0.717, 1.165) is 17.9 Å². The van der Waals surface area contributed by atoms with E-state index < -0.39 is 0 Å². The fourth-order valence-electron chi connectivity index (χ4n) is 2.22. The first-order valence-electron chi connectivity index (χ1n) is 6.35. The summed E-state index contributed by atoms with van der Waals surface area (Å²) in [5.41, 5.74) is 9.47. The minimum absolute atomic E-state index is 0.153. The Morgan fingerprint density at radius 2 is 1.95 bits per heavy atom. The van der Waals surface area contributed by atoms with Crippen molar-refractivity contribution in [2.75, 3.05) is 0 Å². The summed E-state index contributed by atoms with van der Waals surface area (Å²) < 4.78 is 1.96. The quantitative estimate of drug-likeness (QED) is 0.778. The lowest BCUT2D eigenvalue weighted by atomic mass is 10.1. The van der Waals surface area contributed by atoms with Crippen molar-refractivity contribution in [1.29, 1.82) is 0 Å². The van der Waals surface area contributed by atoms with Gasteiger partial charge in [0, 0.05) is 6.20 Å². The van der Waals surface area contributed by atoms with E-state index in [1.54, 1.807) is 0 Å². The number of hydrogen-bond acceptors (Lipinski definition) is 3. The Balaban J connectivity index is 1.91. The van der Waals surface area contributed by atoms with Crippen molar-refractivity contribution in [1.82, 2.24) is 14.6 Å². The Kier molecular flexibility index (Phi) is 3.01. The van der Waals surface area contributed by atoms with Gasteiger partial charge >= 0.3 is 0 Å². The summed E-state index contributed by atoms with van der Waals surface area (Å²) in [6.07, 6.45) is 2.74. The molecule has 0 radical (unpaired) electrons. The van der Waals surface area contributed by atoms with Crippen molar-refractivity contribution in [3.05, 3.63) is 65.6 Å². The number of aromatic nitrogens is 3. The predicted octanol–water partition coefficient (Wildman–Crippen LogP) is 2.28. The Bertz CT molecular complexity index is 688. The molecule has 0 spiro atoms. The van der Waals surface area contributed by atoms with Crippen molar-refractivity contribution in [3.8, 4) is 0 Å². The molecule has 2 aromatic heterocycles. The SMILES string of the molecule is Cc1ccn2c(C(N)Cc3ccccc3)nnc2c1. The lowest BCUT2D eigenvalue weighted by molar-refractivity contribution is 0.658. The molecule has 1 aromatic carbocycles. The lowest BCUT2D eigenvalue weighted by Crippen LogP contribution is -2.16. The van der Waals surface area contributed by atoms with E-state index in [0.29, 0.717) is 0 Å². The van der Waals surface area contributed by atoms with Gasteiger partial charge in [0.15, 0.2) is 11.5 Å². The van der Waals surface area contributed by atoms with Gasteiger partial charge in [0.1, 0.15) is 0 Å². The number of benzene rings is 1. The molecule has 3 aromatic rings. The molecule has 4 heteroatoms. The summed E-state index contributed by atoms with van der Waals surface area (Å²) in [6.45, 7) is 2.04. The number of aryl methyl sites for hydroxylation is 1. The number of pyridine rings is 1. The fraction of sp³-hybridized carbons (Fsp3) is 0.200. The van der Waals surface area contributed by atoms with Crippen LogP contribution in [-0.2, 0) is 6.42 Å². The Hall–Kier alpha value is -2.20. The molecule has 19 heavy (non-hydrogen) atoms. The summed E-state index contributed by atoms with van der Waals surface area (Å²) in [5.74, 6) is 0.804. The van der Waals surface area contributed by atoms with Crippen molar-refractivity contribution >= 4 is 5.65 Å². The average Bonchev–Trinajstić information content (AvgIpc) is 2.82. The van der Waals surface area contributed by atoms with Crippen LogP contribution in [-0.4, -0.2) is 14.6 Å². The minimum Gasteiger partial charge on any atom is -0.321 e. The molecule has 1 unspecified atom stereocenters. The molecule has 0 fully saturated rings. The van der Waals surface area contributed by atoms with Crippen LogP contribution in [0.15, 0.2) is 48.7 Å². The van der Waals surface area contributed by atoms with Gasteiger partial charge in [0.25, 0.3) is 0 Å². The van der Waals surface area contributed by atoms with E-state index in [9.17, 15) is 0 Å². The van der Waals surface area contributed by atoms with Crippen LogP contribution < -0.4 is 5.73 Å². The van der Waals surface area contributed by atoms with Gasteiger partial charge in [-0.2, -0.15) is 0 Å². The third-order valence-corrected chi connectivity index (χ3v) is 3.22. The van der Waals surface area contributed by atoms with Gasteiger partial charge in [0.2, 0.25) is 0 Å². The monoisotopic (exact) mass is 252 g/mol. The van der Waals surface area contributed by atoms with Gasteiger partial charge in [-0.15, -0.1) is 10.2 Å². The minimum atomic E-state index is -0.153. The van der Waals surface area contributed by atoms with Gasteiger partial charge in [0.05, 0.1) is 6.04 Å². The first kappa shape index (κ1) is 11.9. The van der Waals surface area contributed by atoms with E-state index in [1.807, 2.05) is 47.9 Å². The highest BCUT2D eigenvalue weighted by Gasteiger charge is 2.14. The smallest absolute Gasteiger partial charge is 0.161 e. The fourth-order valence-corrected chi connectivity index (χ4v) is 2.22. The topological polar surface area (TPSA) is 56.2 Å². The molecule has 96 valence electrons. The van der Waals surface area contributed by atoms with Crippen LogP contribution in [0.4, 0.5) is 0 Å². The Labute approximate surface area is 111 Å². The van der Waals surface area contributed by atoms with Crippen LogP contribution >= 0.6 is 0 Å². The highest BCUT2D eigenvalue weighted by molar-refractivity contribution is 5.41. The maximum atomic E-state index is 6.25. The summed E-state index contributed by atoms with van der Waals surface area (Å²) in [4.78, 5) is 0. The molecular weight excluding hydrogens is 236 g/mol. The zero-order chi connectivity index (χ0) is 13.2. The molecule has 2 heterocycles. The van der Waals surface area contributed by atoms with E-state index in [4.69, 9.17) is 5.73 Å². The average molecular weight is 252 g/mol. The van der Waals surface area contributed by atoms with Crippen molar-refractivity contribution < 1.29 is 0 Å². The zero-order valence-electron chi connectivity index (χ0n) is 10.8. The molecule has 0 aliphatic rings. The second-order valence-corrected chi connectivity index (χ2v) is 4.79. The second kappa shape index (κ2) is 4.82. The summed E-state index contributed by atoms with van der Waals surface area (Å²) in [5, 5.41) is 8.40. The maximum Gasteiger partial charge on any atom is 0.161 e. The van der Waals surface area contributed by atoms with Crippen molar-refractivity contribution in [2.24, 2.45) is 5.73 Å². The molecule has 0 aliphatic carbocycles. The van der Waals surface area contributed by atoms with Crippen LogP contribution in [0.25, 0.3) is 5.65 Å². The highest BCUT2D eigenvalue weighted by atomic mass is 15.3. The molecule has 0 saturated carbocycles. The summed E-state index contributed by atoms with van der Waals surface area (Å²) in [6, 6.07) is 14.1. The van der Waals surface area contributed by atoms with Crippen molar-refractivity contribution in [3.63, 3.8) is 0 Å². The zero-order valence-corrected chi connectivity index (χ0v) is 10.8. The molecule has 0 saturated heterocycles. The van der Waals surface area contributed by atoms with E-state index in [2.05, 4.69) is 22.3 Å². The first-order chi connectivity index (χ1) is 9.24. The largest absolute Gasteiger partial charge is 0.321 e. The third-order valence-electron chi connectivity index (χ3n) is 3.22. The number of hydrogen-bond donors (Lipinski definition) is 1. The first-order valence-corrected chi connectivity index (χ1v) is 6.35. The van der Waals surface area contributed by atoms with Gasteiger partial charge in [-0.1, -0.05) is 30.3 Å². The van der Waals surface area contributed by atoms with E-state index >= 15 is 0 Å². The molecule has 0 bridgehead atoms. The van der Waals surface area contributed by atoms with Crippen molar-refractivity contribution in [2.45, 2.75) is 19.4 Å². The standard InChI is InChI=1S/C15H16N4/c1-11-7-8-19-14(9-11)17-18-15(19)13(16)10-12-5-3-2-4-6-12/h2-9,13H,10,16H2,1H3. The van der Waals surface area contributed by atoms with Gasteiger partial charge in [-0.05, 0) is 36.6 Å². The van der Waals surface area contributed by atoms with Crippen LogP contribution in [0.1, 0.15) is 23.0 Å². The molecule has 0 aliphatic heterocycles. The number of fused-ring (bicyclic) bond motifs is 1. The Morgan fingerprint density at radius 1 is 1.16 bits per heavy atom. The molecule has 3 rings (SSSR count). The van der Waals surface area contributed by atoms with Crippen LogP contribution in [0, 0.1) is 6.92 Å². The van der Waals surface area contributed by atoms with Gasteiger partial charge in [-0.25, -0.2) is 0 Å². The van der Waals surface area contributed by atoms with E-state index in [1.165, 1.54) is 11.1 Å². The van der Waals surface area contributed by atoms with Crippen LogP contribution in [0.5, 0.6) is 0 Å². The number of nitrogens with zero attached hydrogens (tertiary/aromatic N) is 3. The molecule has 4 nitrogen and oxygen atoms in total.